The summed E-state index contributed by atoms with van der Waals surface area (Å²) in [6.45, 7) is 3.46. The molecule has 4 aromatic rings. The first-order valence-electron chi connectivity index (χ1n) is 11.2. The third-order valence-corrected chi connectivity index (χ3v) is 6.54. The van der Waals surface area contributed by atoms with Crippen molar-refractivity contribution in [2.45, 2.75) is 25.0 Å². The molecule has 0 bridgehead atoms. The van der Waals surface area contributed by atoms with Gasteiger partial charge < -0.3 is 16.0 Å². The summed E-state index contributed by atoms with van der Waals surface area (Å²) in [5.74, 6) is 0.512. The van der Waals surface area contributed by atoms with Gasteiger partial charge in [0.05, 0.1) is 11.8 Å². The Morgan fingerprint density at radius 1 is 0.917 bits per heavy atom. The molecule has 2 amide bonds. The third-order valence-electron chi connectivity index (χ3n) is 5.09. The Labute approximate surface area is 222 Å². The molecular weight excluding hydrogens is 540 g/mol. The fraction of sp³-hybridized carbons (Fsp3) is 0.154. The van der Waals surface area contributed by atoms with Crippen LogP contribution in [-0.4, -0.2) is 32.3 Å². The zero-order valence-electron chi connectivity index (χ0n) is 19.7. The topological polar surface area (TPSA) is 101 Å². The molecule has 4 rings (SSSR count). The number of aromatic nitrogens is 3. The average molecular weight is 565 g/mol. The number of carbonyl (C=O) groups is 2. The highest BCUT2D eigenvalue weighted by Gasteiger charge is 2.20. The normalized spacial score (nSPS) is 11.5. The fourth-order valence-corrected chi connectivity index (χ4v) is 4.56. The van der Waals surface area contributed by atoms with E-state index in [0.29, 0.717) is 16.5 Å². The van der Waals surface area contributed by atoms with Gasteiger partial charge in [0.1, 0.15) is 0 Å². The summed E-state index contributed by atoms with van der Waals surface area (Å²) >= 11 is 4.76. The predicted octanol–water partition coefficient (Wildman–Crippen LogP) is 5.89. The van der Waals surface area contributed by atoms with Gasteiger partial charge >= 0.3 is 0 Å². The molecule has 36 heavy (non-hydrogen) atoms. The van der Waals surface area contributed by atoms with E-state index >= 15 is 0 Å². The van der Waals surface area contributed by atoms with Gasteiger partial charge in [-0.1, -0.05) is 52.0 Å². The van der Waals surface area contributed by atoms with Gasteiger partial charge in [-0.05, 0) is 61.5 Å². The molecule has 0 fully saturated rings. The van der Waals surface area contributed by atoms with E-state index in [9.17, 15) is 9.59 Å². The standard InChI is InChI=1S/C26H25BrN6O2S/c1-17(28-20-13-11-19(27)12-14-20)25-31-32-26(33(25)23-9-4-3-5-10-23)36-16-24(35)30-22-8-6-7-21(15-22)29-18(2)34/h3-15,17,28H,16H2,1-2H3,(H,29,34)(H,30,35)/t17-/m1/s1. The molecule has 0 aliphatic carbocycles. The van der Waals surface area contributed by atoms with Crippen molar-refractivity contribution in [3.63, 3.8) is 0 Å². The SMILES string of the molecule is CC(=O)Nc1cccc(NC(=O)CSc2nnc([C@@H](C)Nc3ccc(Br)cc3)n2-c2ccccc2)c1. The summed E-state index contributed by atoms with van der Waals surface area (Å²) in [5, 5.41) is 18.5. The maximum atomic E-state index is 12.7. The van der Waals surface area contributed by atoms with Crippen molar-refractivity contribution >= 4 is 56.6 Å². The van der Waals surface area contributed by atoms with Crippen LogP contribution in [-0.2, 0) is 9.59 Å². The summed E-state index contributed by atoms with van der Waals surface area (Å²) in [5.41, 5.74) is 3.09. The van der Waals surface area contributed by atoms with Crippen LogP contribution in [0.5, 0.6) is 0 Å². The molecule has 8 nitrogen and oxygen atoms in total. The van der Waals surface area contributed by atoms with Crippen LogP contribution in [0.25, 0.3) is 5.69 Å². The number of rotatable bonds is 9. The minimum atomic E-state index is -0.190. The second-order valence-electron chi connectivity index (χ2n) is 7.98. The first kappa shape index (κ1) is 25.5. The van der Waals surface area contributed by atoms with Crippen LogP contribution >= 0.6 is 27.7 Å². The summed E-state index contributed by atoms with van der Waals surface area (Å²) in [6, 6.07) is 24.6. The molecule has 0 spiro atoms. The number of benzene rings is 3. The van der Waals surface area contributed by atoms with Gasteiger partial charge in [-0.3, -0.25) is 14.2 Å². The zero-order chi connectivity index (χ0) is 25.5. The Kier molecular flexibility index (Phi) is 8.40. The number of carbonyl (C=O) groups excluding carboxylic acids is 2. The minimum Gasteiger partial charge on any atom is -0.375 e. The van der Waals surface area contributed by atoms with Crippen molar-refractivity contribution in [1.29, 1.82) is 0 Å². The molecule has 0 radical (unpaired) electrons. The van der Waals surface area contributed by atoms with Gasteiger partial charge in [0.2, 0.25) is 11.8 Å². The molecule has 10 heteroatoms. The molecule has 1 heterocycles. The van der Waals surface area contributed by atoms with Crippen molar-refractivity contribution in [3.05, 3.63) is 89.2 Å². The Balaban J connectivity index is 1.49. The first-order chi connectivity index (χ1) is 17.4. The molecule has 0 aliphatic heterocycles. The Morgan fingerprint density at radius 3 is 2.31 bits per heavy atom. The molecule has 1 atom stereocenters. The second-order valence-corrected chi connectivity index (χ2v) is 9.84. The Hall–Kier alpha value is -3.63. The third kappa shape index (κ3) is 6.73. The van der Waals surface area contributed by atoms with Crippen LogP contribution in [0.2, 0.25) is 0 Å². The maximum absolute atomic E-state index is 12.7. The van der Waals surface area contributed by atoms with Crippen LogP contribution in [0.1, 0.15) is 25.7 Å². The first-order valence-corrected chi connectivity index (χ1v) is 13.0. The molecule has 0 unspecified atom stereocenters. The number of thioether (sulfide) groups is 1. The van der Waals surface area contributed by atoms with Crippen molar-refractivity contribution in [3.8, 4) is 5.69 Å². The molecule has 1 aromatic heterocycles. The highest BCUT2D eigenvalue weighted by molar-refractivity contribution is 9.10. The van der Waals surface area contributed by atoms with Crippen molar-refractivity contribution < 1.29 is 9.59 Å². The molecular formula is C26H25BrN6O2S. The van der Waals surface area contributed by atoms with Gasteiger partial charge in [-0.15, -0.1) is 10.2 Å². The van der Waals surface area contributed by atoms with E-state index < -0.39 is 0 Å². The summed E-state index contributed by atoms with van der Waals surface area (Å²) < 4.78 is 2.97. The maximum Gasteiger partial charge on any atom is 0.234 e. The van der Waals surface area contributed by atoms with Gasteiger partial charge in [-0.2, -0.15) is 0 Å². The summed E-state index contributed by atoms with van der Waals surface area (Å²) in [4.78, 5) is 24.0. The van der Waals surface area contributed by atoms with E-state index in [1.165, 1.54) is 18.7 Å². The highest BCUT2D eigenvalue weighted by atomic mass is 79.9. The lowest BCUT2D eigenvalue weighted by atomic mass is 10.2. The van der Waals surface area contributed by atoms with Crippen molar-refractivity contribution in [2.75, 3.05) is 21.7 Å². The van der Waals surface area contributed by atoms with Crippen LogP contribution in [0.3, 0.4) is 0 Å². The average Bonchev–Trinajstić information content (AvgIpc) is 3.29. The number of anilines is 3. The number of hydrogen-bond donors (Lipinski definition) is 3. The highest BCUT2D eigenvalue weighted by Crippen LogP contribution is 2.27. The number of nitrogens with one attached hydrogen (secondary N) is 3. The molecule has 0 saturated heterocycles. The summed E-state index contributed by atoms with van der Waals surface area (Å²) in [6.07, 6.45) is 0. The van der Waals surface area contributed by atoms with E-state index in [0.717, 1.165) is 21.7 Å². The Morgan fingerprint density at radius 2 is 1.61 bits per heavy atom. The smallest absolute Gasteiger partial charge is 0.234 e. The van der Waals surface area contributed by atoms with E-state index in [-0.39, 0.29) is 23.6 Å². The van der Waals surface area contributed by atoms with Crippen molar-refractivity contribution in [1.82, 2.24) is 14.8 Å². The lowest BCUT2D eigenvalue weighted by Gasteiger charge is -2.17. The molecule has 3 N–H and O–H groups in total. The predicted molar refractivity (Wildman–Crippen MR) is 148 cm³/mol. The molecule has 0 aliphatic rings. The van der Waals surface area contributed by atoms with E-state index in [1.54, 1.807) is 24.3 Å². The molecule has 184 valence electrons. The zero-order valence-corrected chi connectivity index (χ0v) is 22.1. The number of amides is 2. The largest absolute Gasteiger partial charge is 0.375 e. The minimum absolute atomic E-state index is 0.140. The quantitative estimate of drug-likeness (QED) is 0.219. The molecule has 0 saturated carbocycles. The van der Waals surface area contributed by atoms with Crippen molar-refractivity contribution in [2.24, 2.45) is 0 Å². The number of halogens is 1. The van der Waals surface area contributed by atoms with E-state index in [4.69, 9.17) is 0 Å². The second kappa shape index (κ2) is 11.9. The number of hydrogen-bond acceptors (Lipinski definition) is 6. The van der Waals surface area contributed by atoms with Gasteiger partial charge in [0.15, 0.2) is 11.0 Å². The van der Waals surface area contributed by atoms with Crippen LogP contribution in [0.15, 0.2) is 88.5 Å². The Bertz CT molecular complexity index is 1340. The van der Waals surface area contributed by atoms with E-state index in [2.05, 4.69) is 42.1 Å². The molecule has 3 aromatic carbocycles. The van der Waals surface area contributed by atoms with E-state index in [1.807, 2.05) is 66.1 Å². The van der Waals surface area contributed by atoms with Gasteiger partial charge in [0.25, 0.3) is 0 Å². The number of nitrogens with zero attached hydrogens (tertiary/aromatic N) is 3. The summed E-state index contributed by atoms with van der Waals surface area (Å²) in [7, 11) is 0. The number of para-hydroxylation sites is 1. The monoisotopic (exact) mass is 564 g/mol. The van der Waals surface area contributed by atoms with Crippen LogP contribution in [0.4, 0.5) is 17.1 Å². The van der Waals surface area contributed by atoms with Gasteiger partial charge in [-0.25, -0.2) is 0 Å². The lowest BCUT2D eigenvalue weighted by molar-refractivity contribution is -0.114. The van der Waals surface area contributed by atoms with Crippen LogP contribution < -0.4 is 16.0 Å². The fourth-order valence-electron chi connectivity index (χ4n) is 3.54. The van der Waals surface area contributed by atoms with Gasteiger partial charge in [0, 0.05) is 34.1 Å². The van der Waals surface area contributed by atoms with Crippen LogP contribution in [0, 0.1) is 0 Å². The lowest BCUT2D eigenvalue weighted by Crippen LogP contribution is -2.16.